The number of hydrogen-bond donors (Lipinski definition) is 1. The van der Waals surface area contributed by atoms with E-state index in [1.54, 1.807) is 4.90 Å². The molecule has 1 unspecified atom stereocenters. The molecule has 0 bridgehead atoms. The van der Waals surface area contributed by atoms with Crippen LogP contribution in [0.15, 0.2) is 0 Å². The van der Waals surface area contributed by atoms with Gasteiger partial charge in [0.05, 0.1) is 12.1 Å². The molecule has 2 N–H and O–H groups in total. The lowest BCUT2D eigenvalue weighted by Crippen LogP contribution is -2.49. The first-order valence-electron chi connectivity index (χ1n) is 5.63. The van der Waals surface area contributed by atoms with Gasteiger partial charge in [0.25, 0.3) is 0 Å². The normalized spacial score (nSPS) is 25.0. The van der Waals surface area contributed by atoms with Gasteiger partial charge < -0.3 is 15.4 Å². The molecule has 0 aromatic heterocycles. The highest BCUT2D eigenvalue weighted by molar-refractivity contribution is 5.85. The van der Waals surface area contributed by atoms with E-state index in [2.05, 4.69) is 0 Å². The van der Waals surface area contributed by atoms with Gasteiger partial charge in [0.15, 0.2) is 0 Å². The minimum atomic E-state index is -0.462. The molecule has 1 aliphatic heterocycles. The summed E-state index contributed by atoms with van der Waals surface area (Å²) in [4.78, 5) is 24.3. The molecular formula is C11H20N2O2. The van der Waals surface area contributed by atoms with Gasteiger partial charge in [-0.15, -0.1) is 0 Å². The Bertz CT molecular complexity index is 243. The van der Waals surface area contributed by atoms with Crippen LogP contribution in [0, 0.1) is 5.92 Å². The lowest BCUT2D eigenvalue weighted by molar-refractivity contribution is -0.136. The van der Waals surface area contributed by atoms with Crippen molar-refractivity contribution in [1.29, 1.82) is 0 Å². The number of nitrogens with zero attached hydrogens (tertiary/aromatic N) is 1. The highest BCUT2D eigenvalue weighted by atomic mass is 16.2. The van der Waals surface area contributed by atoms with E-state index in [0.29, 0.717) is 6.54 Å². The van der Waals surface area contributed by atoms with E-state index in [1.807, 2.05) is 13.8 Å². The number of carbonyl (C=O) groups is 2. The van der Waals surface area contributed by atoms with Crippen molar-refractivity contribution in [2.75, 3.05) is 6.54 Å². The van der Waals surface area contributed by atoms with E-state index in [-0.39, 0.29) is 17.9 Å². The molecule has 86 valence electrons. The fourth-order valence-corrected chi connectivity index (χ4v) is 1.90. The van der Waals surface area contributed by atoms with Crippen LogP contribution in [0.1, 0.15) is 33.1 Å². The Morgan fingerprint density at radius 2 is 2.33 bits per heavy atom. The lowest BCUT2D eigenvalue weighted by atomic mass is 9.99. The van der Waals surface area contributed by atoms with Crippen LogP contribution in [0.25, 0.3) is 0 Å². The smallest absolute Gasteiger partial charge is 0.240 e. The van der Waals surface area contributed by atoms with E-state index < -0.39 is 6.04 Å². The summed E-state index contributed by atoms with van der Waals surface area (Å²) in [5.74, 6) is 0.101. The summed E-state index contributed by atoms with van der Waals surface area (Å²) in [5, 5.41) is 0. The Kier molecular flexibility index (Phi) is 4.27. The number of aldehydes is 1. The average Bonchev–Trinajstić information content (AvgIpc) is 2.73. The van der Waals surface area contributed by atoms with Gasteiger partial charge in [0, 0.05) is 6.54 Å². The highest BCUT2D eigenvalue weighted by Gasteiger charge is 2.32. The van der Waals surface area contributed by atoms with Crippen LogP contribution in [0.3, 0.4) is 0 Å². The van der Waals surface area contributed by atoms with Crippen molar-refractivity contribution in [2.45, 2.75) is 45.2 Å². The first-order chi connectivity index (χ1) is 7.11. The van der Waals surface area contributed by atoms with Crippen LogP contribution in [0.5, 0.6) is 0 Å². The van der Waals surface area contributed by atoms with Crippen LogP contribution in [-0.2, 0) is 9.59 Å². The Hall–Kier alpha value is -0.900. The quantitative estimate of drug-likeness (QED) is 0.692. The van der Waals surface area contributed by atoms with Gasteiger partial charge in [-0.05, 0) is 18.8 Å². The fourth-order valence-electron chi connectivity index (χ4n) is 1.90. The van der Waals surface area contributed by atoms with Gasteiger partial charge >= 0.3 is 0 Å². The van der Waals surface area contributed by atoms with Crippen LogP contribution >= 0.6 is 0 Å². The third-order valence-corrected chi connectivity index (χ3v) is 3.28. The molecule has 3 atom stereocenters. The Morgan fingerprint density at radius 1 is 1.67 bits per heavy atom. The van der Waals surface area contributed by atoms with E-state index >= 15 is 0 Å². The maximum Gasteiger partial charge on any atom is 0.240 e. The number of rotatable bonds is 4. The summed E-state index contributed by atoms with van der Waals surface area (Å²) in [6.45, 7) is 4.65. The van der Waals surface area contributed by atoms with E-state index in [1.165, 1.54) is 0 Å². The van der Waals surface area contributed by atoms with Gasteiger partial charge in [-0.1, -0.05) is 20.3 Å². The zero-order valence-electron chi connectivity index (χ0n) is 9.48. The van der Waals surface area contributed by atoms with E-state index in [9.17, 15) is 9.59 Å². The minimum absolute atomic E-state index is 0.0704. The van der Waals surface area contributed by atoms with E-state index in [0.717, 1.165) is 25.5 Å². The van der Waals surface area contributed by atoms with Crippen LogP contribution < -0.4 is 5.73 Å². The Morgan fingerprint density at radius 3 is 2.87 bits per heavy atom. The molecule has 1 aliphatic rings. The van der Waals surface area contributed by atoms with Crippen LogP contribution in [0.2, 0.25) is 0 Å². The molecule has 1 rings (SSSR count). The van der Waals surface area contributed by atoms with Crippen molar-refractivity contribution in [2.24, 2.45) is 11.7 Å². The third-order valence-electron chi connectivity index (χ3n) is 3.28. The summed E-state index contributed by atoms with van der Waals surface area (Å²) in [6, 6.07) is -0.705. The second kappa shape index (κ2) is 5.26. The Labute approximate surface area is 90.8 Å². The van der Waals surface area contributed by atoms with Crippen molar-refractivity contribution in [1.82, 2.24) is 4.90 Å². The van der Waals surface area contributed by atoms with Crippen LogP contribution in [0.4, 0.5) is 0 Å². The third kappa shape index (κ3) is 2.56. The standard InChI is InChI=1S/C11H20N2O2/c1-3-8(2)10(12)11(15)13-6-4-5-9(13)7-14/h7-10H,3-6,12H2,1-2H3/t8?,9-,10-/m0/s1. The zero-order chi connectivity index (χ0) is 11.4. The Balaban J connectivity index is 2.63. The molecule has 1 fully saturated rings. The predicted octanol–water partition coefficient (Wildman–Crippen LogP) is 0.550. The van der Waals surface area contributed by atoms with Crippen molar-refractivity contribution in [3.05, 3.63) is 0 Å². The molecule has 1 saturated heterocycles. The molecule has 4 heteroatoms. The number of carbonyl (C=O) groups excluding carboxylic acids is 2. The number of hydrogen-bond acceptors (Lipinski definition) is 3. The molecule has 15 heavy (non-hydrogen) atoms. The average molecular weight is 212 g/mol. The topological polar surface area (TPSA) is 63.4 Å². The van der Waals surface area contributed by atoms with Crippen LogP contribution in [-0.4, -0.2) is 35.7 Å². The van der Waals surface area contributed by atoms with Crippen molar-refractivity contribution in [3.8, 4) is 0 Å². The molecule has 1 amide bonds. The lowest BCUT2D eigenvalue weighted by Gasteiger charge is -2.26. The largest absolute Gasteiger partial charge is 0.332 e. The molecular weight excluding hydrogens is 192 g/mol. The molecule has 0 aromatic carbocycles. The van der Waals surface area contributed by atoms with Crippen molar-refractivity contribution in [3.63, 3.8) is 0 Å². The highest BCUT2D eigenvalue weighted by Crippen LogP contribution is 2.18. The van der Waals surface area contributed by atoms with Gasteiger partial charge in [-0.3, -0.25) is 4.79 Å². The van der Waals surface area contributed by atoms with Crippen molar-refractivity contribution < 1.29 is 9.59 Å². The second-order valence-corrected chi connectivity index (χ2v) is 4.29. The summed E-state index contributed by atoms with van der Waals surface area (Å²) in [5.41, 5.74) is 5.86. The predicted molar refractivity (Wildman–Crippen MR) is 58.2 cm³/mol. The van der Waals surface area contributed by atoms with E-state index in [4.69, 9.17) is 5.73 Å². The zero-order valence-corrected chi connectivity index (χ0v) is 9.48. The molecule has 0 aliphatic carbocycles. The minimum Gasteiger partial charge on any atom is -0.332 e. The molecule has 0 radical (unpaired) electrons. The molecule has 4 nitrogen and oxygen atoms in total. The molecule has 1 heterocycles. The SMILES string of the molecule is CCC(C)[C@H](N)C(=O)N1CCC[C@H]1C=O. The maximum absolute atomic E-state index is 12.0. The summed E-state index contributed by atoms with van der Waals surface area (Å²) in [6.07, 6.45) is 3.42. The first kappa shape index (κ1) is 12.2. The van der Waals surface area contributed by atoms with Gasteiger partial charge in [-0.2, -0.15) is 0 Å². The number of nitrogens with two attached hydrogens (primary N) is 1. The molecule has 0 saturated carbocycles. The van der Waals surface area contributed by atoms with Gasteiger partial charge in [-0.25, -0.2) is 0 Å². The molecule has 0 aromatic rings. The maximum atomic E-state index is 12.0. The summed E-state index contributed by atoms with van der Waals surface area (Å²) < 4.78 is 0. The monoisotopic (exact) mass is 212 g/mol. The summed E-state index contributed by atoms with van der Waals surface area (Å²) in [7, 11) is 0. The fraction of sp³-hybridized carbons (Fsp3) is 0.818. The summed E-state index contributed by atoms with van der Waals surface area (Å²) >= 11 is 0. The molecule has 0 spiro atoms. The van der Waals surface area contributed by atoms with Gasteiger partial charge in [0.1, 0.15) is 6.29 Å². The first-order valence-corrected chi connectivity index (χ1v) is 5.63. The number of amides is 1. The second-order valence-electron chi connectivity index (χ2n) is 4.29. The van der Waals surface area contributed by atoms with Crippen molar-refractivity contribution >= 4 is 12.2 Å². The number of likely N-dealkylation sites (tertiary alicyclic amines) is 1. The van der Waals surface area contributed by atoms with Gasteiger partial charge in [0.2, 0.25) is 5.91 Å².